The number of aliphatic hydroxyl groups is 3. The van der Waals surface area contributed by atoms with Crippen molar-refractivity contribution in [1.29, 1.82) is 0 Å². The van der Waals surface area contributed by atoms with Crippen molar-refractivity contribution < 1.29 is 38.4 Å². The van der Waals surface area contributed by atoms with Crippen LogP contribution in [-0.2, 0) is 14.3 Å². The van der Waals surface area contributed by atoms with Gasteiger partial charge in [0.1, 0.15) is 24.3 Å². The van der Waals surface area contributed by atoms with Gasteiger partial charge in [0.15, 0.2) is 5.82 Å². The van der Waals surface area contributed by atoms with E-state index >= 15 is 0 Å². The summed E-state index contributed by atoms with van der Waals surface area (Å²) in [5.41, 5.74) is 3.14. The molecule has 6 atom stereocenters. The molecular weight excluding hydrogens is 646 g/mol. The number of hydrogen-bond donors (Lipinski definition) is 5. The van der Waals surface area contributed by atoms with Gasteiger partial charge in [0.2, 0.25) is 11.8 Å². The van der Waals surface area contributed by atoms with E-state index in [0.29, 0.717) is 41.9 Å². The summed E-state index contributed by atoms with van der Waals surface area (Å²) in [6.45, 7) is 1.59. The number of ether oxygens (including phenoxy) is 1. The molecule has 5 N–H and O–H groups in total. The van der Waals surface area contributed by atoms with E-state index < -0.39 is 54.7 Å². The number of rotatable bonds is 5. The predicted molar refractivity (Wildman–Crippen MR) is 176 cm³/mol. The maximum atomic E-state index is 14.8. The van der Waals surface area contributed by atoms with Gasteiger partial charge in [0, 0.05) is 42.4 Å². The molecule has 2 aromatic carbocycles. The van der Waals surface area contributed by atoms with Gasteiger partial charge in [-0.05, 0) is 66.8 Å². The Hall–Kier alpha value is -3.94. The van der Waals surface area contributed by atoms with Gasteiger partial charge in [0.25, 0.3) is 0 Å². The molecule has 6 unspecified atom stereocenters. The summed E-state index contributed by atoms with van der Waals surface area (Å²) in [5, 5.41) is 35.9. The molecule has 13 heteroatoms. The van der Waals surface area contributed by atoms with E-state index in [-0.39, 0.29) is 47.4 Å². The minimum absolute atomic E-state index is 0.0854. The molecule has 0 radical (unpaired) electrons. The Morgan fingerprint density at radius 1 is 1.12 bits per heavy atom. The van der Waals surface area contributed by atoms with E-state index in [1.165, 1.54) is 6.08 Å². The minimum Gasteiger partial charge on any atom is -0.394 e. The molecular formula is C35H37ClF2N4O6. The Morgan fingerprint density at radius 3 is 2.71 bits per heavy atom. The molecule has 2 amide bonds. The Labute approximate surface area is 281 Å². The highest BCUT2D eigenvalue weighted by Crippen LogP contribution is 2.38. The second-order valence-corrected chi connectivity index (χ2v) is 12.9. The quantitative estimate of drug-likeness (QED) is 0.236. The number of benzene rings is 2. The summed E-state index contributed by atoms with van der Waals surface area (Å²) in [6.07, 6.45) is 0.936. The van der Waals surface area contributed by atoms with E-state index in [4.69, 9.17) is 16.3 Å². The Morgan fingerprint density at radius 2 is 1.94 bits per heavy atom. The zero-order chi connectivity index (χ0) is 34.1. The number of carbonyl (C=O) groups is 2. The fourth-order valence-electron chi connectivity index (χ4n) is 6.62. The molecule has 1 aromatic heterocycles. The first-order valence-corrected chi connectivity index (χ1v) is 16.4. The van der Waals surface area contributed by atoms with Crippen LogP contribution >= 0.6 is 11.6 Å². The number of fused-ring (bicyclic) bond motifs is 4. The molecule has 0 saturated carbocycles. The number of nitrogens with one attached hydrogen (secondary N) is 2. The van der Waals surface area contributed by atoms with Gasteiger partial charge in [-0.25, -0.2) is 8.78 Å². The lowest BCUT2D eigenvalue weighted by Crippen LogP contribution is -2.51. The summed E-state index contributed by atoms with van der Waals surface area (Å²) in [4.78, 5) is 33.2. The average molecular weight is 683 g/mol. The number of anilines is 2. The third kappa shape index (κ3) is 6.94. The highest BCUT2D eigenvalue weighted by molar-refractivity contribution is 6.31. The van der Waals surface area contributed by atoms with Crippen LogP contribution in [0.15, 0.2) is 54.7 Å². The predicted octanol–water partition coefficient (Wildman–Crippen LogP) is 5.04. The van der Waals surface area contributed by atoms with Crippen molar-refractivity contribution in [3.8, 4) is 11.1 Å². The van der Waals surface area contributed by atoms with Crippen LogP contribution in [-0.4, -0.2) is 74.7 Å². The second-order valence-electron chi connectivity index (χ2n) is 12.5. The second kappa shape index (κ2) is 14.3. The Balaban J connectivity index is 1.31. The lowest BCUT2D eigenvalue weighted by Gasteiger charge is -2.37. The molecule has 254 valence electrons. The van der Waals surface area contributed by atoms with Crippen LogP contribution in [0, 0.1) is 17.6 Å². The van der Waals surface area contributed by atoms with Gasteiger partial charge in [-0.3, -0.25) is 14.6 Å². The summed E-state index contributed by atoms with van der Waals surface area (Å²) in [7, 11) is 0. The smallest absolute Gasteiger partial charge is 0.247 e. The fraction of sp³-hybridized carbons (Fsp3) is 0.400. The SMILES string of the molecule is CC1CCCC(N2CCC(c3c(F)ccc(Cl)c3F)=CC2=O)c2cc(ccn2)-c2ccc(NC3CC(O)C(O)C(CO)O3)cc2NC1=O. The number of carbonyl (C=O) groups excluding carboxylic acids is 2. The molecule has 10 nitrogen and oxygen atoms in total. The van der Waals surface area contributed by atoms with Gasteiger partial charge in [0.05, 0.1) is 40.7 Å². The minimum atomic E-state index is -1.21. The van der Waals surface area contributed by atoms with Gasteiger partial charge < -0.3 is 35.6 Å². The summed E-state index contributed by atoms with van der Waals surface area (Å²) < 4.78 is 35.2. The summed E-state index contributed by atoms with van der Waals surface area (Å²) >= 11 is 5.91. The van der Waals surface area contributed by atoms with Crippen LogP contribution in [0.4, 0.5) is 20.2 Å². The third-order valence-electron chi connectivity index (χ3n) is 9.29. The van der Waals surface area contributed by atoms with Crippen molar-refractivity contribution in [2.75, 3.05) is 23.8 Å². The number of halogens is 3. The first-order chi connectivity index (χ1) is 23.0. The molecule has 3 aliphatic heterocycles. The molecule has 1 fully saturated rings. The zero-order valence-electron chi connectivity index (χ0n) is 26.2. The van der Waals surface area contributed by atoms with Gasteiger partial charge in [-0.1, -0.05) is 31.0 Å². The fourth-order valence-corrected chi connectivity index (χ4v) is 6.78. The lowest BCUT2D eigenvalue weighted by atomic mass is 9.92. The molecule has 6 rings (SSSR count). The first-order valence-electron chi connectivity index (χ1n) is 16.0. The highest BCUT2D eigenvalue weighted by atomic mass is 35.5. The van der Waals surface area contributed by atoms with Crippen molar-refractivity contribution in [3.05, 3.63) is 82.7 Å². The van der Waals surface area contributed by atoms with Crippen LogP contribution in [0.3, 0.4) is 0 Å². The lowest BCUT2D eigenvalue weighted by molar-refractivity contribution is -0.172. The average Bonchev–Trinajstić information content (AvgIpc) is 3.06. The Bertz CT molecular complexity index is 1740. The maximum absolute atomic E-state index is 14.8. The largest absolute Gasteiger partial charge is 0.394 e. The van der Waals surface area contributed by atoms with Crippen molar-refractivity contribution in [1.82, 2.24) is 9.88 Å². The van der Waals surface area contributed by atoms with Crippen LogP contribution in [0.5, 0.6) is 0 Å². The number of hydrogen-bond acceptors (Lipinski definition) is 8. The van der Waals surface area contributed by atoms with Crippen molar-refractivity contribution in [2.45, 2.75) is 69.6 Å². The molecule has 3 aromatic rings. The molecule has 1 saturated heterocycles. The van der Waals surface area contributed by atoms with Crippen LogP contribution in [0.1, 0.15) is 56.3 Å². The third-order valence-corrected chi connectivity index (χ3v) is 9.59. The molecule has 0 aliphatic carbocycles. The van der Waals surface area contributed by atoms with E-state index in [0.717, 1.165) is 17.7 Å². The van der Waals surface area contributed by atoms with Gasteiger partial charge in [-0.15, -0.1) is 0 Å². The first kappa shape index (κ1) is 33.9. The monoisotopic (exact) mass is 682 g/mol. The van der Waals surface area contributed by atoms with E-state index in [9.17, 15) is 33.7 Å². The van der Waals surface area contributed by atoms with Gasteiger partial charge in [-0.2, -0.15) is 0 Å². The Kier molecular flexibility index (Phi) is 10.1. The van der Waals surface area contributed by atoms with E-state index in [1.54, 1.807) is 23.2 Å². The van der Waals surface area contributed by atoms with Crippen molar-refractivity contribution in [2.24, 2.45) is 5.92 Å². The molecule has 4 heterocycles. The standard InChI is InChI=1S/C35H37ClF2N4O6/c1-18-3-2-4-27(42-12-10-20(14-31(42)45)32-24(37)8-7-23(36)33(32)38)26-13-19(9-11-39-26)22-6-5-21(15-25(22)41-35(18)47)40-30-16-28(44)34(46)29(17-43)48-30/h5-9,11,13-15,18,27-30,34,40,43-44,46H,2-4,10,12,16-17H2,1H3,(H,41,47). The molecule has 0 spiro atoms. The normalized spacial score (nSPS) is 26.5. The molecule has 2 bridgehead atoms. The topological polar surface area (TPSA) is 144 Å². The van der Waals surface area contributed by atoms with Crippen LogP contribution in [0.25, 0.3) is 16.7 Å². The molecule has 3 aliphatic rings. The van der Waals surface area contributed by atoms with E-state index in [1.807, 2.05) is 25.1 Å². The van der Waals surface area contributed by atoms with Crippen molar-refractivity contribution >= 4 is 40.4 Å². The van der Waals surface area contributed by atoms with E-state index in [2.05, 4.69) is 15.6 Å². The maximum Gasteiger partial charge on any atom is 0.247 e. The zero-order valence-corrected chi connectivity index (χ0v) is 27.0. The number of nitrogens with zero attached hydrogens (tertiary/aromatic N) is 2. The summed E-state index contributed by atoms with van der Waals surface area (Å²) in [5.74, 6) is -2.62. The van der Waals surface area contributed by atoms with Crippen LogP contribution in [0.2, 0.25) is 5.02 Å². The number of amides is 2. The number of pyridine rings is 1. The van der Waals surface area contributed by atoms with Gasteiger partial charge >= 0.3 is 0 Å². The van der Waals surface area contributed by atoms with Crippen LogP contribution < -0.4 is 10.6 Å². The molecule has 48 heavy (non-hydrogen) atoms. The number of aliphatic hydroxyl groups excluding tert-OH is 3. The summed E-state index contributed by atoms with van der Waals surface area (Å²) in [6, 6.07) is 10.8. The highest BCUT2D eigenvalue weighted by Gasteiger charge is 2.36. The van der Waals surface area contributed by atoms with Crippen molar-refractivity contribution in [3.63, 3.8) is 0 Å². The number of aromatic nitrogens is 1.